The Bertz CT molecular complexity index is 216. The van der Waals surface area contributed by atoms with Crippen LogP contribution in [-0.4, -0.2) is 19.7 Å². The lowest BCUT2D eigenvalue weighted by Crippen LogP contribution is -2.21. The first-order valence-electron chi connectivity index (χ1n) is 4.82. The Hall–Kier alpha value is -0.730. The Labute approximate surface area is 92.1 Å². The average molecular weight is 216 g/mol. The summed E-state index contributed by atoms with van der Waals surface area (Å²) in [5.74, 6) is 0.945. The first-order valence-corrected chi connectivity index (χ1v) is 4.82. The van der Waals surface area contributed by atoms with Gasteiger partial charge in [-0.05, 0) is 25.1 Å². The van der Waals surface area contributed by atoms with Crippen LogP contribution < -0.4 is 10.1 Å². The van der Waals surface area contributed by atoms with Crippen molar-refractivity contribution < 1.29 is 4.74 Å². The molecule has 0 aliphatic rings. The van der Waals surface area contributed by atoms with Gasteiger partial charge in [0.15, 0.2) is 0 Å². The summed E-state index contributed by atoms with van der Waals surface area (Å²) in [7, 11) is 0. The second kappa shape index (κ2) is 8.85. The third kappa shape index (κ3) is 5.84. The highest BCUT2D eigenvalue weighted by atomic mass is 35.5. The molecule has 0 atom stereocenters. The number of benzene rings is 1. The van der Waals surface area contributed by atoms with Gasteiger partial charge in [0.1, 0.15) is 12.4 Å². The second-order valence-corrected chi connectivity index (χ2v) is 2.91. The summed E-state index contributed by atoms with van der Waals surface area (Å²) < 4.78 is 5.49. The predicted octanol–water partition coefficient (Wildman–Crippen LogP) is 2.49. The van der Waals surface area contributed by atoms with Crippen LogP contribution in [0.25, 0.3) is 0 Å². The molecule has 1 rings (SSSR count). The fourth-order valence-corrected chi connectivity index (χ4v) is 1.06. The van der Waals surface area contributed by atoms with Gasteiger partial charge in [0.05, 0.1) is 0 Å². The summed E-state index contributed by atoms with van der Waals surface area (Å²) in [5, 5.41) is 3.28. The van der Waals surface area contributed by atoms with Crippen LogP contribution in [0.5, 0.6) is 5.75 Å². The molecule has 0 amide bonds. The Morgan fingerprint density at radius 1 is 1.14 bits per heavy atom. The third-order valence-corrected chi connectivity index (χ3v) is 1.72. The number of ether oxygens (including phenoxy) is 1. The average Bonchev–Trinajstić information content (AvgIpc) is 2.19. The monoisotopic (exact) mass is 215 g/mol. The summed E-state index contributed by atoms with van der Waals surface area (Å²) >= 11 is 0. The van der Waals surface area contributed by atoms with Crippen molar-refractivity contribution in [2.75, 3.05) is 19.7 Å². The Morgan fingerprint density at radius 3 is 2.50 bits per heavy atom. The molecule has 0 unspecified atom stereocenters. The summed E-state index contributed by atoms with van der Waals surface area (Å²) in [5.41, 5.74) is 0. The predicted molar refractivity (Wildman–Crippen MR) is 62.3 cm³/mol. The van der Waals surface area contributed by atoms with E-state index in [9.17, 15) is 0 Å². The summed E-state index contributed by atoms with van der Waals surface area (Å²) in [6.45, 7) is 4.88. The number of hydrogen-bond acceptors (Lipinski definition) is 2. The van der Waals surface area contributed by atoms with Crippen molar-refractivity contribution in [3.63, 3.8) is 0 Å². The van der Waals surface area contributed by atoms with Gasteiger partial charge >= 0.3 is 0 Å². The van der Waals surface area contributed by atoms with Crippen LogP contribution in [0.3, 0.4) is 0 Å². The SMILES string of the molecule is CCCNCCOc1ccccc1.Cl. The van der Waals surface area contributed by atoms with Gasteiger partial charge in [-0.25, -0.2) is 0 Å². The zero-order valence-electron chi connectivity index (χ0n) is 8.53. The molecule has 0 saturated heterocycles. The molecule has 0 aromatic heterocycles. The molecule has 0 aliphatic carbocycles. The molecule has 3 heteroatoms. The molecule has 0 aliphatic heterocycles. The fraction of sp³-hybridized carbons (Fsp3) is 0.455. The Balaban J connectivity index is 0.00000169. The van der Waals surface area contributed by atoms with Crippen molar-refractivity contribution in [3.8, 4) is 5.75 Å². The minimum absolute atomic E-state index is 0. The van der Waals surface area contributed by atoms with Gasteiger partial charge in [-0.3, -0.25) is 0 Å². The molecular formula is C11H18ClNO. The molecule has 0 bridgehead atoms. The van der Waals surface area contributed by atoms with E-state index in [4.69, 9.17) is 4.74 Å². The minimum Gasteiger partial charge on any atom is -0.492 e. The van der Waals surface area contributed by atoms with Crippen molar-refractivity contribution in [1.82, 2.24) is 5.32 Å². The van der Waals surface area contributed by atoms with Crippen molar-refractivity contribution in [1.29, 1.82) is 0 Å². The number of halogens is 1. The molecule has 0 fully saturated rings. The standard InChI is InChI=1S/C11H17NO.ClH/c1-2-8-12-9-10-13-11-6-4-3-5-7-11;/h3-7,12H,2,8-10H2,1H3;1H. The molecule has 2 nitrogen and oxygen atoms in total. The van der Waals surface area contributed by atoms with E-state index < -0.39 is 0 Å². The summed E-state index contributed by atoms with van der Waals surface area (Å²) in [6.07, 6.45) is 1.17. The van der Waals surface area contributed by atoms with Crippen LogP contribution in [-0.2, 0) is 0 Å². The van der Waals surface area contributed by atoms with E-state index in [1.54, 1.807) is 0 Å². The van der Waals surface area contributed by atoms with Crippen LogP contribution in [0, 0.1) is 0 Å². The van der Waals surface area contributed by atoms with Crippen LogP contribution in [0.1, 0.15) is 13.3 Å². The van der Waals surface area contributed by atoms with E-state index in [2.05, 4.69) is 12.2 Å². The zero-order valence-corrected chi connectivity index (χ0v) is 9.35. The van der Waals surface area contributed by atoms with Crippen LogP contribution >= 0.6 is 12.4 Å². The van der Waals surface area contributed by atoms with E-state index in [-0.39, 0.29) is 12.4 Å². The fourth-order valence-electron chi connectivity index (χ4n) is 1.06. The van der Waals surface area contributed by atoms with Crippen molar-refractivity contribution in [2.45, 2.75) is 13.3 Å². The van der Waals surface area contributed by atoms with E-state index in [0.717, 1.165) is 25.4 Å². The molecule has 0 heterocycles. The van der Waals surface area contributed by atoms with Gasteiger partial charge in [-0.2, -0.15) is 0 Å². The van der Waals surface area contributed by atoms with Gasteiger partial charge in [-0.15, -0.1) is 12.4 Å². The maximum Gasteiger partial charge on any atom is 0.119 e. The van der Waals surface area contributed by atoms with E-state index in [1.165, 1.54) is 6.42 Å². The van der Waals surface area contributed by atoms with Gasteiger partial charge in [0.2, 0.25) is 0 Å². The first kappa shape index (κ1) is 13.3. The molecule has 0 spiro atoms. The topological polar surface area (TPSA) is 21.3 Å². The maximum atomic E-state index is 5.49. The highest BCUT2D eigenvalue weighted by Gasteiger charge is 1.89. The molecule has 80 valence electrons. The van der Waals surface area contributed by atoms with Gasteiger partial charge in [0.25, 0.3) is 0 Å². The summed E-state index contributed by atoms with van der Waals surface area (Å²) in [4.78, 5) is 0. The lowest BCUT2D eigenvalue weighted by molar-refractivity contribution is 0.314. The normalized spacial score (nSPS) is 9.21. The van der Waals surface area contributed by atoms with E-state index in [1.807, 2.05) is 30.3 Å². The molecule has 0 radical (unpaired) electrons. The highest BCUT2D eigenvalue weighted by Crippen LogP contribution is 2.07. The number of rotatable bonds is 6. The summed E-state index contributed by atoms with van der Waals surface area (Å²) in [6, 6.07) is 9.89. The van der Waals surface area contributed by atoms with Gasteiger partial charge < -0.3 is 10.1 Å². The van der Waals surface area contributed by atoms with E-state index in [0.29, 0.717) is 0 Å². The lowest BCUT2D eigenvalue weighted by Gasteiger charge is -2.05. The highest BCUT2D eigenvalue weighted by molar-refractivity contribution is 5.85. The number of nitrogens with one attached hydrogen (secondary N) is 1. The number of para-hydroxylation sites is 1. The smallest absolute Gasteiger partial charge is 0.119 e. The first-order chi connectivity index (χ1) is 6.43. The largest absolute Gasteiger partial charge is 0.492 e. The Kier molecular flexibility index (Phi) is 8.39. The van der Waals surface area contributed by atoms with Crippen LogP contribution in [0.4, 0.5) is 0 Å². The van der Waals surface area contributed by atoms with Crippen molar-refractivity contribution >= 4 is 12.4 Å². The zero-order chi connectivity index (χ0) is 9.36. The molecular weight excluding hydrogens is 198 g/mol. The number of hydrogen-bond donors (Lipinski definition) is 1. The molecule has 1 aromatic carbocycles. The van der Waals surface area contributed by atoms with E-state index >= 15 is 0 Å². The van der Waals surface area contributed by atoms with Gasteiger partial charge in [-0.1, -0.05) is 25.1 Å². The molecule has 0 saturated carbocycles. The molecule has 1 N–H and O–H groups in total. The second-order valence-electron chi connectivity index (χ2n) is 2.91. The van der Waals surface area contributed by atoms with Crippen LogP contribution in [0.2, 0.25) is 0 Å². The molecule has 14 heavy (non-hydrogen) atoms. The third-order valence-electron chi connectivity index (χ3n) is 1.72. The Morgan fingerprint density at radius 2 is 1.86 bits per heavy atom. The van der Waals surface area contributed by atoms with Crippen molar-refractivity contribution in [3.05, 3.63) is 30.3 Å². The lowest BCUT2D eigenvalue weighted by atomic mass is 10.3. The quantitative estimate of drug-likeness (QED) is 0.737. The molecule has 1 aromatic rings. The van der Waals surface area contributed by atoms with Gasteiger partial charge in [0, 0.05) is 6.54 Å². The van der Waals surface area contributed by atoms with Crippen LogP contribution in [0.15, 0.2) is 30.3 Å². The van der Waals surface area contributed by atoms with Crippen molar-refractivity contribution in [2.24, 2.45) is 0 Å². The minimum atomic E-state index is 0. The maximum absolute atomic E-state index is 5.49.